The minimum atomic E-state index is -3.56. The van der Waals surface area contributed by atoms with Crippen molar-refractivity contribution >= 4 is 18.0 Å². The molecule has 4 aliphatic carbocycles. The predicted octanol–water partition coefficient (Wildman–Crippen LogP) is 1.57. The van der Waals surface area contributed by atoms with Crippen molar-refractivity contribution in [2.45, 2.75) is 49.9 Å². The molecule has 23 heavy (non-hydrogen) atoms. The second-order valence-electron chi connectivity index (χ2n) is 7.28. The SMILES string of the molecule is CC1(O)C2CC3CC1CC(C(=O)OCC(F)(F)SOO[O-])(C3)C2. The van der Waals surface area contributed by atoms with E-state index in [4.69, 9.17) is 4.74 Å². The molecule has 4 aliphatic rings. The summed E-state index contributed by atoms with van der Waals surface area (Å²) in [5.41, 5.74) is -1.56. The molecular weight excluding hydrogens is 334 g/mol. The highest BCUT2D eigenvalue weighted by atomic mass is 32.2. The summed E-state index contributed by atoms with van der Waals surface area (Å²) in [6.07, 6.45) is 3.33. The maximum Gasteiger partial charge on any atom is 0.354 e. The Balaban J connectivity index is 1.64. The minimum absolute atomic E-state index is 0.00776. The number of aliphatic hydroxyl groups is 1. The van der Waals surface area contributed by atoms with Gasteiger partial charge in [-0.05, 0) is 56.8 Å². The van der Waals surface area contributed by atoms with E-state index in [2.05, 4.69) is 9.37 Å². The number of esters is 1. The van der Waals surface area contributed by atoms with E-state index in [-0.39, 0.29) is 11.8 Å². The van der Waals surface area contributed by atoms with Crippen molar-refractivity contribution in [1.82, 2.24) is 0 Å². The third-order valence-electron chi connectivity index (χ3n) is 5.83. The first-order valence-electron chi connectivity index (χ1n) is 7.60. The van der Waals surface area contributed by atoms with E-state index in [0.717, 1.165) is 12.8 Å². The lowest BCUT2D eigenvalue weighted by Crippen LogP contribution is -2.61. The van der Waals surface area contributed by atoms with Gasteiger partial charge >= 0.3 is 11.2 Å². The monoisotopic (exact) mass is 353 g/mol. The molecule has 0 heterocycles. The van der Waals surface area contributed by atoms with Crippen LogP contribution in [0, 0.1) is 23.2 Å². The Bertz CT molecular complexity index is 468. The van der Waals surface area contributed by atoms with Crippen LogP contribution in [0.15, 0.2) is 0 Å². The van der Waals surface area contributed by atoms with Gasteiger partial charge in [0.15, 0.2) is 6.61 Å². The Morgan fingerprint density at radius 1 is 1.35 bits per heavy atom. The third kappa shape index (κ3) is 3.09. The number of ether oxygens (including phenoxy) is 1. The third-order valence-corrected chi connectivity index (χ3v) is 6.32. The summed E-state index contributed by atoms with van der Waals surface area (Å²) >= 11 is -0.488. The van der Waals surface area contributed by atoms with Gasteiger partial charge in [-0.15, -0.1) is 0 Å². The molecule has 0 spiro atoms. The zero-order valence-corrected chi connectivity index (χ0v) is 13.4. The molecule has 0 aliphatic heterocycles. The van der Waals surface area contributed by atoms with E-state index in [1.165, 1.54) is 0 Å². The van der Waals surface area contributed by atoms with Crippen LogP contribution in [0.2, 0.25) is 0 Å². The van der Waals surface area contributed by atoms with Gasteiger partial charge in [-0.25, -0.2) is 0 Å². The molecule has 0 aromatic rings. The van der Waals surface area contributed by atoms with Crippen molar-refractivity contribution in [2.75, 3.05) is 6.61 Å². The average molecular weight is 353 g/mol. The van der Waals surface area contributed by atoms with Crippen LogP contribution in [0.5, 0.6) is 0 Å². The summed E-state index contributed by atoms with van der Waals surface area (Å²) in [7, 11) is 0. The topological polar surface area (TPSA) is 88.1 Å². The van der Waals surface area contributed by atoms with Crippen LogP contribution in [0.3, 0.4) is 0 Å². The number of carbonyl (C=O) groups excluding carboxylic acids is 1. The van der Waals surface area contributed by atoms with Crippen LogP contribution in [-0.2, 0) is 18.9 Å². The smallest absolute Gasteiger partial charge is 0.354 e. The summed E-state index contributed by atoms with van der Waals surface area (Å²) in [6, 6.07) is 0. The second-order valence-corrected chi connectivity index (χ2v) is 8.18. The second kappa shape index (κ2) is 5.80. The quantitative estimate of drug-likeness (QED) is 0.336. The van der Waals surface area contributed by atoms with Gasteiger partial charge in [0.05, 0.1) is 11.0 Å². The Morgan fingerprint density at radius 2 is 1.96 bits per heavy atom. The van der Waals surface area contributed by atoms with Crippen LogP contribution < -0.4 is 5.26 Å². The van der Waals surface area contributed by atoms with Crippen LogP contribution in [0.4, 0.5) is 8.78 Å². The first kappa shape index (κ1) is 17.3. The van der Waals surface area contributed by atoms with E-state index in [0.29, 0.717) is 25.2 Å². The van der Waals surface area contributed by atoms with Gasteiger partial charge in [-0.3, -0.25) is 9.83 Å². The van der Waals surface area contributed by atoms with E-state index in [9.17, 15) is 23.9 Å². The molecule has 4 rings (SSSR count). The molecule has 4 bridgehead atoms. The average Bonchev–Trinajstić information content (AvgIpc) is 2.48. The fourth-order valence-electron chi connectivity index (χ4n) is 4.84. The normalized spacial score (nSPS) is 42.0. The van der Waals surface area contributed by atoms with Crippen LogP contribution in [0.1, 0.15) is 39.0 Å². The Hall–Kier alpha value is -0.480. The molecule has 1 N–H and O–H groups in total. The molecule has 0 aromatic heterocycles. The Kier molecular flexibility index (Phi) is 4.38. The molecule has 2 atom stereocenters. The molecule has 132 valence electrons. The molecule has 0 aromatic carbocycles. The van der Waals surface area contributed by atoms with Crippen molar-refractivity contribution in [2.24, 2.45) is 23.2 Å². The molecule has 0 saturated heterocycles. The first-order chi connectivity index (χ1) is 10.7. The number of rotatable bonds is 6. The zero-order valence-electron chi connectivity index (χ0n) is 12.6. The maximum absolute atomic E-state index is 13.4. The number of halogens is 2. The predicted molar refractivity (Wildman–Crippen MR) is 72.3 cm³/mol. The summed E-state index contributed by atoms with van der Waals surface area (Å²) in [5.74, 6) is -0.287. The molecular formula is C14H19F2O6S-. The van der Waals surface area contributed by atoms with Gasteiger partial charge in [0.1, 0.15) is 12.0 Å². The highest BCUT2D eigenvalue weighted by Crippen LogP contribution is 2.63. The molecule has 9 heteroatoms. The summed E-state index contributed by atoms with van der Waals surface area (Å²) in [6.45, 7) is 0.627. The van der Waals surface area contributed by atoms with Gasteiger partial charge < -0.3 is 15.1 Å². The van der Waals surface area contributed by atoms with Gasteiger partial charge in [0, 0.05) is 0 Å². The van der Waals surface area contributed by atoms with E-state index in [1.807, 2.05) is 6.92 Å². The molecule has 4 fully saturated rings. The lowest BCUT2D eigenvalue weighted by Gasteiger charge is -2.61. The van der Waals surface area contributed by atoms with E-state index in [1.54, 1.807) is 0 Å². The number of alkyl halides is 2. The van der Waals surface area contributed by atoms with Gasteiger partial charge in [0.2, 0.25) is 0 Å². The van der Waals surface area contributed by atoms with E-state index >= 15 is 0 Å². The van der Waals surface area contributed by atoms with Crippen LogP contribution >= 0.6 is 12.0 Å². The summed E-state index contributed by atoms with van der Waals surface area (Å²) in [5, 5.41) is 19.5. The molecule has 2 unspecified atom stereocenters. The van der Waals surface area contributed by atoms with Crippen LogP contribution in [0.25, 0.3) is 0 Å². The highest BCUT2D eigenvalue weighted by Gasteiger charge is 2.63. The van der Waals surface area contributed by atoms with Crippen molar-refractivity contribution in [3.05, 3.63) is 0 Å². The Labute approximate surface area is 136 Å². The van der Waals surface area contributed by atoms with Crippen LogP contribution in [-0.4, -0.2) is 28.5 Å². The lowest BCUT2D eigenvalue weighted by molar-refractivity contribution is -0.777. The zero-order chi connectivity index (χ0) is 16.9. The standard InChI is InChI=1S/C14H20F2O6S/c1-12(18)9-2-8-3-10(12)6-13(4-8,5-9)11(17)20-7-14(15,16)23-22-21-19/h8-10,18-19H,2-7H2,1H3/p-1. The van der Waals surface area contributed by atoms with E-state index < -0.39 is 40.9 Å². The largest absolute Gasteiger partial charge is 0.691 e. The van der Waals surface area contributed by atoms with Crippen molar-refractivity contribution in [3.63, 3.8) is 0 Å². The van der Waals surface area contributed by atoms with Gasteiger partial charge in [-0.1, -0.05) is 0 Å². The molecule has 4 saturated carbocycles. The van der Waals surface area contributed by atoms with Crippen molar-refractivity contribution < 1.29 is 38.0 Å². The van der Waals surface area contributed by atoms with Crippen molar-refractivity contribution in [1.29, 1.82) is 0 Å². The fourth-order valence-corrected chi connectivity index (χ4v) is 5.08. The summed E-state index contributed by atoms with van der Waals surface area (Å²) < 4.78 is 35.2. The van der Waals surface area contributed by atoms with Gasteiger partial charge in [-0.2, -0.15) is 13.1 Å². The minimum Gasteiger partial charge on any atom is -0.691 e. The fraction of sp³-hybridized carbons (Fsp3) is 0.929. The molecule has 0 amide bonds. The molecule has 6 nitrogen and oxygen atoms in total. The number of hydrogen-bond acceptors (Lipinski definition) is 7. The first-order valence-corrected chi connectivity index (χ1v) is 8.34. The maximum atomic E-state index is 13.4. The van der Waals surface area contributed by atoms with Gasteiger partial charge in [0.25, 0.3) is 0 Å². The molecule has 0 radical (unpaired) electrons. The highest BCUT2D eigenvalue weighted by molar-refractivity contribution is 7.95. The Morgan fingerprint density at radius 3 is 2.52 bits per heavy atom. The van der Waals surface area contributed by atoms with Crippen molar-refractivity contribution in [3.8, 4) is 0 Å². The lowest BCUT2D eigenvalue weighted by atomic mass is 9.45. The summed E-state index contributed by atoms with van der Waals surface area (Å²) in [4.78, 5) is 12.4. The number of carbonyl (C=O) groups is 1. The number of hydrogen-bond donors (Lipinski definition) is 1.